The molecule has 0 radical (unpaired) electrons. The van der Waals surface area contributed by atoms with Crippen molar-refractivity contribution in [2.45, 2.75) is 19.3 Å². The number of fused-ring (bicyclic) bond motifs is 2. The van der Waals surface area contributed by atoms with Gasteiger partial charge < -0.3 is 19.9 Å². The molecule has 0 aliphatic heterocycles. The summed E-state index contributed by atoms with van der Waals surface area (Å²) in [5.74, 6) is 0.210. The highest BCUT2D eigenvalue weighted by atomic mass is 19.1. The van der Waals surface area contributed by atoms with Gasteiger partial charge in [0.15, 0.2) is 5.65 Å². The summed E-state index contributed by atoms with van der Waals surface area (Å²) in [5, 5.41) is 12.3. The fourth-order valence-corrected chi connectivity index (χ4v) is 5.40. The fraction of sp³-hybridized carbons (Fsp3) is 0.242. The molecule has 0 atom stereocenters. The Balaban J connectivity index is 1.21. The fourth-order valence-electron chi connectivity index (χ4n) is 5.40. The number of hydrogen-bond donors (Lipinski definition) is 3. The number of likely N-dealkylation sites (N-methyl/N-ethyl adjacent to an activating group) is 1. The number of benzene rings is 1. The molecule has 1 fully saturated rings. The van der Waals surface area contributed by atoms with Crippen LogP contribution in [0.4, 0.5) is 10.1 Å². The van der Waals surface area contributed by atoms with Crippen molar-refractivity contribution in [3.63, 3.8) is 0 Å². The number of anilines is 1. The van der Waals surface area contributed by atoms with Crippen molar-refractivity contribution in [1.82, 2.24) is 35.0 Å². The largest absolute Gasteiger partial charge is 0.492 e. The lowest BCUT2D eigenvalue weighted by atomic mass is 9.85. The lowest BCUT2D eigenvalue weighted by Gasteiger charge is -2.24. The molecule has 0 unspecified atom stereocenters. The lowest BCUT2D eigenvalue weighted by Crippen LogP contribution is -2.28. The van der Waals surface area contributed by atoms with E-state index in [1.54, 1.807) is 31.0 Å². The molecule has 1 aromatic carbocycles. The van der Waals surface area contributed by atoms with E-state index in [9.17, 15) is 9.18 Å². The van der Waals surface area contributed by atoms with Gasteiger partial charge in [-0.1, -0.05) is 6.42 Å². The van der Waals surface area contributed by atoms with Gasteiger partial charge >= 0.3 is 0 Å². The normalized spacial score (nSPS) is 13.5. The van der Waals surface area contributed by atoms with Gasteiger partial charge in [-0.3, -0.25) is 19.9 Å². The molecule has 6 aromatic rings. The third-order valence-corrected chi connectivity index (χ3v) is 8.02. The van der Waals surface area contributed by atoms with Crippen LogP contribution in [-0.2, 0) is 4.79 Å². The molecule has 5 aromatic heterocycles. The Labute approximate surface area is 252 Å². The summed E-state index contributed by atoms with van der Waals surface area (Å²) in [4.78, 5) is 31.3. The third kappa shape index (κ3) is 5.49. The topological polar surface area (TPSA) is 125 Å². The van der Waals surface area contributed by atoms with Crippen LogP contribution in [0.2, 0.25) is 0 Å². The maximum atomic E-state index is 14.7. The Morgan fingerprint density at radius 2 is 1.82 bits per heavy atom. The number of halogens is 1. The van der Waals surface area contributed by atoms with E-state index in [0.29, 0.717) is 34.9 Å². The second kappa shape index (κ2) is 11.5. The van der Waals surface area contributed by atoms with Crippen LogP contribution in [-0.4, -0.2) is 68.2 Å². The molecule has 222 valence electrons. The number of pyridine rings is 3. The molecule has 44 heavy (non-hydrogen) atoms. The smallest absolute Gasteiger partial charge is 0.227 e. The first-order valence-electron chi connectivity index (χ1n) is 14.6. The first-order chi connectivity index (χ1) is 21.4. The van der Waals surface area contributed by atoms with Crippen LogP contribution < -0.4 is 10.1 Å². The molecule has 0 spiro atoms. The molecule has 1 saturated carbocycles. The van der Waals surface area contributed by atoms with Crippen molar-refractivity contribution in [2.24, 2.45) is 5.92 Å². The number of nitrogens with zero attached hydrogens (tertiary/aromatic N) is 5. The highest BCUT2D eigenvalue weighted by Crippen LogP contribution is 2.36. The Morgan fingerprint density at radius 3 is 2.64 bits per heavy atom. The summed E-state index contributed by atoms with van der Waals surface area (Å²) in [6, 6.07) is 10.6. The van der Waals surface area contributed by atoms with Gasteiger partial charge in [0.05, 0.1) is 29.3 Å². The monoisotopic (exact) mass is 590 g/mol. The summed E-state index contributed by atoms with van der Waals surface area (Å²) in [6.45, 7) is 1.17. The van der Waals surface area contributed by atoms with E-state index < -0.39 is 0 Å². The number of carbonyl (C=O) groups is 1. The maximum absolute atomic E-state index is 14.7. The van der Waals surface area contributed by atoms with Crippen molar-refractivity contribution in [1.29, 1.82) is 0 Å². The summed E-state index contributed by atoms with van der Waals surface area (Å²) < 4.78 is 20.5. The zero-order valence-corrected chi connectivity index (χ0v) is 24.4. The Bertz CT molecular complexity index is 2000. The van der Waals surface area contributed by atoms with Crippen LogP contribution >= 0.6 is 0 Å². The predicted octanol–water partition coefficient (Wildman–Crippen LogP) is 6.05. The summed E-state index contributed by atoms with van der Waals surface area (Å²) in [7, 11) is 3.92. The number of rotatable bonds is 9. The van der Waals surface area contributed by atoms with Crippen molar-refractivity contribution >= 4 is 33.5 Å². The van der Waals surface area contributed by atoms with Gasteiger partial charge in [-0.25, -0.2) is 9.37 Å². The number of aromatic nitrogens is 6. The van der Waals surface area contributed by atoms with Gasteiger partial charge in [-0.2, -0.15) is 5.10 Å². The average Bonchev–Trinajstić information content (AvgIpc) is 3.59. The van der Waals surface area contributed by atoms with E-state index in [1.165, 1.54) is 12.1 Å². The molecule has 3 N–H and O–H groups in total. The van der Waals surface area contributed by atoms with Crippen LogP contribution in [0.15, 0.2) is 67.4 Å². The minimum Gasteiger partial charge on any atom is -0.492 e. The minimum absolute atomic E-state index is 0.0416. The summed E-state index contributed by atoms with van der Waals surface area (Å²) in [6.07, 6.45) is 11.6. The third-order valence-electron chi connectivity index (χ3n) is 8.02. The Hall–Kier alpha value is -5.16. The van der Waals surface area contributed by atoms with Gasteiger partial charge in [-0.15, -0.1) is 0 Å². The molecule has 7 rings (SSSR count). The quantitative estimate of drug-likeness (QED) is 0.187. The first kappa shape index (κ1) is 27.7. The van der Waals surface area contributed by atoms with Crippen LogP contribution in [0, 0.1) is 11.7 Å². The van der Waals surface area contributed by atoms with E-state index in [4.69, 9.17) is 4.74 Å². The molecular weight excluding hydrogens is 559 g/mol. The van der Waals surface area contributed by atoms with E-state index in [-0.39, 0.29) is 17.6 Å². The molecule has 10 nitrogen and oxygen atoms in total. The SMILES string of the molecule is CN(C)CCOc1cc(F)cc(-c2cncc3[nH]c(-c4n[nH]c5ncc(-c6cncc(NC(=O)C7CCC7)c6)cc45)cc23)c1. The molecule has 5 heterocycles. The van der Waals surface area contributed by atoms with Crippen LogP contribution in [0.1, 0.15) is 19.3 Å². The molecule has 1 aliphatic carbocycles. The lowest BCUT2D eigenvalue weighted by molar-refractivity contribution is -0.122. The van der Waals surface area contributed by atoms with E-state index in [1.807, 2.05) is 43.3 Å². The second-order valence-corrected chi connectivity index (χ2v) is 11.4. The van der Waals surface area contributed by atoms with E-state index >= 15 is 0 Å². The van der Waals surface area contributed by atoms with Gasteiger partial charge in [0, 0.05) is 64.6 Å². The van der Waals surface area contributed by atoms with Crippen molar-refractivity contribution in [3.05, 3.63) is 73.2 Å². The zero-order chi connectivity index (χ0) is 30.2. The van der Waals surface area contributed by atoms with Gasteiger partial charge in [0.2, 0.25) is 5.91 Å². The number of carbonyl (C=O) groups excluding carboxylic acids is 1. The minimum atomic E-state index is -0.381. The summed E-state index contributed by atoms with van der Waals surface area (Å²) in [5.41, 5.74) is 6.63. The summed E-state index contributed by atoms with van der Waals surface area (Å²) >= 11 is 0. The number of amides is 1. The zero-order valence-electron chi connectivity index (χ0n) is 24.4. The van der Waals surface area contributed by atoms with E-state index in [0.717, 1.165) is 64.5 Å². The molecule has 0 bridgehead atoms. The van der Waals surface area contributed by atoms with Gasteiger partial charge in [0.25, 0.3) is 0 Å². The first-order valence-corrected chi connectivity index (χ1v) is 14.6. The Kier molecular flexibility index (Phi) is 7.23. The molecular formula is C33H31FN8O2. The highest BCUT2D eigenvalue weighted by Gasteiger charge is 2.25. The molecule has 1 amide bonds. The number of hydrogen-bond acceptors (Lipinski definition) is 7. The number of ether oxygens (including phenoxy) is 1. The number of nitrogens with one attached hydrogen (secondary N) is 3. The van der Waals surface area contributed by atoms with Crippen LogP contribution in [0.3, 0.4) is 0 Å². The standard InChI is InChI=1S/C33H31FN8O2/c1-42(2)6-7-44-25-10-20(8-23(34)12-25)28-17-36-18-30-26(28)13-29(39-30)31-27-11-22(15-37-32(27)41-40-31)21-9-24(16-35-14-21)38-33(43)19-4-3-5-19/h8-19,39H,3-7H2,1-2H3,(H,38,43)(H,37,40,41). The molecule has 0 saturated heterocycles. The molecule has 1 aliphatic rings. The predicted molar refractivity (Wildman–Crippen MR) is 168 cm³/mol. The van der Waals surface area contributed by atoms with Crippen molar-refractivity contribution < 1.29 is 13.9 Å². The van der Waals surface area contributed by atoms with Gasteiger partial charge in [0.1, 0.15) is 23.9 Å². The Morgan fingerprint density at radius 1 is 0.977 bits per heavy atom. The van der Waals surface area contributed by atoms with Crippen LogP contribution in [0.25, 0.3) is 55.6 Å². The van der Waals surface area contributed by atoms with Gasteiger partial charge in [-0.05, 0) is 62.8 Å². The number of aromatic amines is 2. The van der Waals surface area contributed by atoms with E-state index in [2.05, 4.69) is 35.5 Å². The second-order valence-electron chi connectivity index (χ2n) is 11.4. The van der Waals surface area contributed by atoms with Crippen LogP contribution in [0.5, 0.6) is 5.75 Å². The average molecular weight is 591 g/mol. The van der Waals surface area contributed by atoms with Crippen molar-refractivity contribution in [2.75, 3.05) is 32.6 Å². The molecule has 11 heteroatoms. The number of H-pyrrole nitrogens is 2. The maximum Gasteiger partial charge on any atom is 0.227 e. The van der Waals surface area contributed by atoms with Crippen molar-refractivity contribution in [3.8, 4) is 39.4 Å². The highest BCUT2D eigenvalue weighted by molar-refractivity contribution is 6.01.